The zero-order chi connectivity index (χ0) is 13.4. The lowest BCUT2D eigenvalue weighted by molar-refractivity contribution is -0.0151. The maximum absolute atomic E-state index is 9.61. The molecule has 0 amide bonds. The maximum Gasteiger partial charge on any atom is 0.178 e. The molecule has 0 aliphatic carbocycles. The van der Waals surface area contributed by atoms with Gasteiger partial charge in [-0.3, -0.25) is 5.32 Å². The second-order valence-corrected chi connectivity index (χ2v) is 3.59. The molecule has 0 radical (unpaired) electrons. The first kappa shape index (κ1) is 14.2. The van der Waals surface area contributed by atoms with Crippen LogP contribution in [0.15, 0.2) is 36.9 Å². The van der Waals surface area contributed by atoms with Gasteiger partial charge in [0.2, 0.25) is 0 Å². The van der Waals surface area contributed by atoms with Gasteiger partial charge in [-0.15, -0.1) is 6.58 Å². The monoisotopic (exact) mass is 248 g/mol. The number of hydrogen-bond acceptors (Lipinski definition) is 5. The Balaban J connectivity index is 2.82. The predicted molar refractivity (Wildman–Crippen MR) is 66.9 cm³/mol. The van der Waals surface area contributed by atoms with Gasteiger partial charge >= 0.3 is 0 Å². The number of nitriles is 1. The molecule has 2 unspecified atom stereocenters. The molecule has 0 spiro atoms. The van der Waals surface area contributed by atoms with Crippen LogP contribution < -0.4 is 10.1 Å². The van der Waals surface area contributed by atoms with Gasteiger partial charge in [-0.1, -0.05) is 18.2 Å². The quantitative estimate of drug-likeness (QED) is 0.480. The van der Waals surface area contributed by atoms with E-state index >= 15 is 0 Å². The van der Waals surface area contributed by atoms with Crippen LogP contribution in [0.25, 0.3) is 0 Å². The molecule has 0 aliphatic rings. The molecule has 0 saturated carbocycles. The van der Waals surface area contributed by atoms with E-state index in [2.05, 4.69) is 11.9 Å². The fraction of sp³-hybridized carbons (Fsp3) is 0.308. The first-order valence-electron chi connectivity index (χ1n) is 5.52. The molecule has 1 aromatic rings. The van der Waals surface area contributed by atoms with Crippen LogP contribution in [0.5, 0.6) is 5.75 Å². The van der Waals surface area contributed by atoms with E-state index in [4.69, 9.17) is 15.1 Å². The van der Waals surface area contributed by atoms with E-state index in [0.29, 0.717) is 17.9 Å². The van der Waals surface area contributed by atoms with Gasteiger partial charge in [0.15, 0.2) is 6.23 Å². The lowest BCUT2D eigenvalue weighted by Gasteiger charge is -2.23. The molecule has 3 N–H and O–H groups in total. The van der Waals surface area contributed by atoms with Gasteiger partial charge < -0.3 is 14.9 Å². The summed E-state index contributed by atoms with van der Waals surface area (Å²) < 4.78 is 5.50. The Labute approximate surface area is 106 Å². The molecule has 0 aromatic heterocycles. The Morgan fingerprint density at radius 3 is 2.83 bits per heavy atom. The van der Waals surface area contributed by atoms with Crippen molar-refractivity contribution in [3.63, 3.8) is 0 Å². The minimum absolute atomic E-state index is 0.356. The maximum atomic E-state index is 9.61. The van der Waals surface area contributed by atoms with Crippen LogP contribution in [0.2, 0.25) is 0 Å². The lowest BCUT2D eigenvalue weighted by atomic mass is 10.2. The third-order valence-corrected chi connectivity index (χ3v) is 2.26. The molecule has 5 nitrogen and oxygen atoms in total. The van der Waals surface area contributed by atoms with Crippen LogP contribution in [-0.4, -0.2) is 35.7 Å². The average Bonchev–Trinajstić information content (AvgIpc) is 2.42. The number of benzene rings is 1. The number of aliphatic hydroxyl groups excluding tert-OH is 2. The second kappa shape index (κ2) is 7.45. The second-order valence-electron chi connectivity index (χ2n) is 3.59. The summed E-state index contributed by atoms with van der Waals surface area (Å²) in [6.45, 7) is 3.52. The van der Waals surface area contributed by atoms with Gasteiger partial charge in [0.05, 0.1) is 12.2 Å². The summed E-state index contributed by atoms with van der Waals surface area (Å²) in [6.07, 6.45) is -0.282. The van der Waals surface area contributed by atoms with Gasteiger partial charge in [0, 0.05) is 6.54 Å². The number of para-hydroxylation sites is 1. The molecule has 1 aromatic carbocycles. The van der Waals surface area contributed by atoms with Crippen molar-refractivity contribution in [3.8, 4) is 11.8 Å². The van der Waals surface area contributed by atoms with Gasteiger partial charge in [0.25, 0.3) is 0 Å². The third kappa shape index (κ3) is 3.86. The van der Waals surface area contributed by atoms with Gasteiger partial charge in [0.1, 0.15) is 17.9 Å². The minimum atomic E-state index is -1.09. The van der Waals surface area contributed by atoms with Crippen LogP contribution >= 0.6 is 0 Å². The number of rotatable bonds is 7. The summed E-state index contributed by atoms with van der Waals surface area (Å²) in [7, 11) is 0. The number of ether oxygens (including phenoxy) is 1. The van der Waals surface area contributed by atoms with E-state index in [-0.39, 0.29) is 0 Å². The van der Waals surface area contributed by atoms with Crippen molar-refractivity contribution in [2.24, 2.45) is 0 Å². The number of nitrogens with zero attached hydrogens (tertiary/aromatic N) is 1. The summed E-state index contributed by atoms with van der Waals surface area (Å²) in [6, 6.07) is 8.69. The Kier molecular flexibility index (Phi) is 5.88. The van der Waals surface area contributed by atoms with Crippen molar-refractivity contribution in [2.75, 3.05) is 13.2 Å². The normalized spacial score (nSPS) is 13.4. The van der Waals surface area contributed by atoms with E-state index in [1.807, 2.05) is 6.07 Å². The smallest absolute Gasteiger partial charge is 0.178 e. The highest BCUT2D eigenvalue weighted by atomic mass is 16.5. The highest BCUT2D eigenvalue weighted by Gasteiger charge is 2.20. The third-order valence-electron chi connectivity index (χ3n) is 2.26. The number of aliphatic hydroxyl groups is 2. The molecule has 5 heteroatoms. The van der Waals surface area contributed by atoms with E-state index in [9.17, 15) is 5.11 Å². The minimum Gasteiger partial charge on any atom is -0.471 e. The van der Waals surface area contributed by atoms with Crippen molar-refractivity contribution in [3.05, 3.63) is 42.5 Å². The Bertz CT molecular complexity index is 428. The highest BCUT2D eigenvalue weighted by molar-refractivity contribution is 5.42. The Morgan fingerprint density at radius 1 is 1.50 bits per heavy atom. The average molecular weight is 248 g/mol. The molecule has 2 atom stereocenters. The van der Waals surface area contributed by atoms with E-state index in [1.54, 1.807) is 30.3 Å². The molecule has 96 valence electrons. The number of nitrogens with one attached hydrogen (secondary N) is 1. The zero-order valence-electron chi connectivity index (χ0n) is 9.91. The summed E-state index contributed by atoms with van der Waals surface area (Å²) in [4.78, 5) is 0. The standard InChI is InChI=1S/C13H16N2O3/c1-2-7-15-13(11(17)9-16)18-12-6-4-3-5-10(12)8-14/h2-6,11,13,15-17H,1,7,9H2. The van der Waals surface area contributed by atoms with Crippen LogP contribution in [0.1, 0.15) is 5.56 Å². The summed E-state index contributed by atoms with van der Waals surface area (Å²) in [5, 5.41) is 30.3. The Hall–Kier alpha value is -1.87. The largest absolute Gasteiger partial charge is 0.471 e. The van der Waals surface area contributed by atoms with Crippen molar-refractivity contribution >= 4 is 0 Å². The van der Waals surface area contributed by atoms with Crippen molar-refractivity contribution < 1.29 is 14.9 Å². The zero-order valence-corrected chi connectivity index (χ0v) is 9.91. The molecule has 18 heavy (non-hydrogen) atoms. The SMILES string of the molecule is C=CCNC(Oc1ccccc1C#N)C(O)CO. The lowest BCUT2D eigenvalue weighted by Crippen LogP contribution is -2.46. The van der Waals surface area contributed by atoms with Gasteiger partial charge in [-0.2, -0.15) is 5.26 Å². The number of hydrogen-bond donors (Lipinski definition) is 3. The molecule has 0 aliphatic heterocycles. The topological polar surface area (TPSA) is 85.5 Å². The molecular formula is C13H16N2O3. The van der Waals surface area contributed by atoms with Crippen molar-refractivity contribution in [1.82, 2.24) is 5.32 Å². The van der Waals surface area contributed by atoms with E-state index in [1.165, 1.54) is 0 Å². The van der Waals surface area contributed by atoms with E-state index in [0.717, 1.165) is 0 Å². The van der Waals surface area contributed by atoms with Crippen LogP contribution in [-0.2, 0) is 0 Å². The van der Waals surface area contributed by atoms with Gasteiger partial charge in [-0.25, -0.2) is 0 Å². The summed E-state index contributed by atoms with van der Waals surface area (Å²) in [5.41, 5.74) is 0.369. The molecule has 1 rings (SSSR count). The highest BCUT2D eigenvalue weighted by Crippen LogP contribution is 2.18. The van der Waals surface area contributed by atoms with Crippen LogP contribution in [0, 0.1) is 11.3 Å². The molecular weight excluding hydrogens is 232 g/mol. The molecule has 0 saturated heterocycles. The van der Waals surface area contributed by atoms with Crippen molar-refractivity contribution in [1.29, 1.82) is 5.26 Å². The predicted octanol–water partition coefficient (Wildman–Crippen LogP) is 0.392. The first-order valence-corrected chi connectivity index (χ1v) is 5.52. The van der Waals surface area contributed by atoms with Gasteiger partial charge in [-0.05, 0) is 12.1 Å². The van der Waals surface area contributed by atoms with E-state index < -0.39 is 18.9 Å². The first-order chi connectivity index (χ1) is 8.72. The summed E-state index contributed by atoms with van der Waals surface area (Å²) >= 11 is 0. The van der Waals surface area contributed by atoms with Crippen LogP contribution in [0.4, 0.5) is 0 Å². The van der Waals surface area contributed by atoms with Crippen molar-refractivity contribution in [2.45, 2.75) is 12.3 Å². The molecule has 0 bridgehead atoms. The van der Waals surface area contributed by atoms with Crippen LogP contribution in [0.3, 0.4) is 0 Å². The fourth-order valence-electron chi connectivity index (χ4n) is 1.35. The summed E-state index contributed by atoms with van der Waals surface area (Å²) in [5.74, 6) is 0.356. The fourth-order valence-corrected chi connectivity index (χ4v) is 1.35. The Morgan fingerprint density at radius 2 is 2.22 bits per heavy atom. The molecule has 0 fully saturated rings. The molecule has 0 heterocycles.